The minimum atomic E-state index is -1.48. The van der Waals surface area contributed by atoms with E-state index in [1.165, 1.54) is 16.9 Å². The zero-order valence-electron chi connectivity index (χ0n) is 25.0. The number of rotatable bonds is 9. The number of fused-ring (bicyclic) bond motifs is 3. The van der Waals surface area contributed by atoms with Crippen LogP contribution in [0.25, 0.3) is 11.1 Å². The molecule has 1 aliphatic carbocycles. The van der Waals surface area contributed by atoms with Gasteiger partial charge in [0.15, 0.2) is 0 Å². The molecule has 0 aromatic heterocycles. The third kappa shape index (κ3) is 5.95. The first-order valence-corrected chi connectivity index (χ1v) is 14.0. The van der Waals surface area contributed by atoms with Crippen LogP contribution in [0.3, 0.4) is 0 Å². The van der Waals surface area contributed by atoms with Gasteiger partial charge in [-0.3, -0.25) is 14.6 Å². The summed E-state index contributed by atoms with van der Waals surface area (Å²) in [6.07, 6.45) is -1.28. The van der Waals surface area contributed by atoms with Crippen molar-refractivity contribution >= 4 is 18.7 Å². The first-order chi connectivity index (χ1) is 20.6. The van der Waals surface area contributed by atoms with Gasteiger partial charge >= 0.3 is 12.2 Å². The molecule has 0 unspecified atom stereocenters. The van der Waals surface area contributed by atoms with Crippen LogP contribution >= 0.6 is 0 Å². The largest absolute Gasteiger partial charge is 0.497 e. The molecule has 0 bridgehead atoms. The van der Waals surface area contributed by atoms with Crippen molar-refractivity contribution in [2.24, 2.45) is 0 Å². The Morgan fingerprint density at radius 2 is 1.58 bits per heavy atom. The maximum Gasteiger partial charge on any atom is 0.413 e. The van der Waals surface area contributed by atoms with E-state index < -0.39 is 23.5 Å². The highest BCUT2D eigenvalue weighted by Gasteiger charge is 2.55. The molecular formula is C33H36N2O8. The lowest BCUT2D eigenvalue weighted by molar-refractivity contribution is -0.206. The lowest BCUT2D eigenvalue weighted by atomic mass is 9.98. The maximum absolute atomic E-state index is 14.0. The molecule has 3 aromatic rings. The predicted octanol–water partition coefficient (Wildman–Crippen LogP) is 5.57. The molecule has 1 aliphatic heterocycles. The standard InChI is InChI=1S/C33H36N2O8/c1-32(2,3)43-30(37)34-19-33(20-34,42-21-36)35(17-22-14-15-23(39-4)16-29(22)40-5)31(38)41-18-28-26-12-8-6-10-24(26)25-11-7-9-13-27(25)28/h6-16,21,28H,17-20H2,1-5H3. The average molecular weight is 589 g/mol. The summed E-state index contributed by atoms with van der Waals surface area (Å²) < 4.78 is 27.9. The summed E-state index contributed by atoms with van der Waals surface area (Å²) in [5.41, 5.74) is 2.77. The van der Waals surface area contributed by atoms with Gasteiger partial charge in [-0.15, -0.1) is 0 Å². The number of methoxy groups -OCH3 is 2. The molecule has 2 aliphatic rings. The third-order valence-electron chi connectivity index (χ3n) is 7.67. The second-order valence-corrected chi connectivity index (χ2v) is 11.6. The normalized spacial score (nSPS) is 15.0. The molecule has 0 N–H and O–H groups in total. The van der Waals surface area contributed by atoms with Gasteiger partial charge in [-0.1, -0.05) is 48.5 Å². The van der Waals surface area contributed by atoms with E-state index >= 15 is 0 Å². The van der Waals surface area contributed by atoms with E-state index in [0.29, 0.717) is 17.1 Å². The maximum atomic E-state index is 14.0. The molecule has 0 spiro atoms. The Labute approximate surface area is 251 Å². The second-order valence-electron chi connectivity index (χ2n) is 11.6. The molecule has 43 heavy (non-hydrogen) atoms. The summed E-state index contributed by atoms with van der Waals surface area (Å²) in [6, 6.07) is 21.3. The van der Waals surface area contributed by atoms with Crippen molar-refractivity contribution in [3.63, 3.8) is 0 Å². The molecule has 10 heteroatoms. The lowest BCUT2D eigenvalue weighted by Gasteiger charge is -2.52. The van der Waals surface area contributed by atoms with Gasteiger partial charge < -0.3 is 23.7 Å². The molecule has 0 atom stereocenters. The van der Waals surface area contributed by atoms with Crippen molar-refractivity contribution in [3.8, 4) is 22.6 Å². The minimum Gasteiger partial charge on any atom is -0.497 e. The molecule has 0 radical (unpaired) electrons. The zero-order valence-corrected chi connectivity index (χ0v) is 25.0. The van der Waals surface area contributed by atoms with E-state index in [-0.39, 0.29) is 38.6 Å². The molecule has 3 aromatic carbocycles. The van der Waals surface area contributed by atoms with Crippen LogP contribution in [0.5, 0.6) is 11.5 Å². The summed E-state index contributed by atoms with van der Waals surface area (Å²) in [6.45, 7) is 5.42. The van der Waals surface area contributed by atoms with Crippen LogP contribution in [0, 0.1) is 0 Å². The molecule has 1 fully saturated rings. The lowest BCUT2D eigenvalue weighted by Crippen LogP contribution is -2.73. The number of nitrogens with zero attached hydrogens (tertiary/aromatic N) is 2. The Bertz CT molecular complexity index is 1460. The number of carbonyl (C=O) groups excluding carboxylic acids is 3. The quantitative estimate of drug-likeness (QED) is 0.181. The Kier molecular flexibility index (Phi) is 8.21. The number of ether oxygens (including phenoxy) is 5. The van der Waals surface area contributed by atoms with Gasteiger partial charge in [-0.05, 0) is 55.2 Å². The van der Waals surface area contributed by atoms with Crippen LogP contribution in [-0.4, -0.2) is 73.7 Å². The Morgan fingerprint density at radius 3 is 2.14 bits per heavy atom. The number of hydrogen-bond acceptors (Lipinski definition) is 8. The van der Waals surface area contributed by atoms with Crippen LogP contribution in [0.1, 0.15) is 43.4 Å². The van der Waals surface area contributed by atoms with Crippen LogP contribution < -0.4 is 9.47 Å². The number of carbonyl (C=O) groups is 3. The number of amides is 2. The predicted molar refractivity (Wildman–Crippen MR) is 158 cm³/mol. The van der Waals surface area contributed by atoms with Gasteiger partial charge in [0.05, 0.1) is 33.9 Å². The van der Waals surface area contributed by atoms with Crippen molar-refractivity contribution in [1.29, 1.82) is 0 Å². The van der Waals surface area contributed by atoms with Crippen molar-refractivity contribution in [2.75, 3.05) is 33.9 Å². The second kappa shape index (κ2) is 11.9. The summed E-state index contributed by atoms with van der Waals surface area (Å²) in [5, 5.41) is 0. The van der Waals surface area contributed by atoms with Crippen LogP contribution in [0.15, 0.2) is 66.7 Å². The van der Waals surface area contributed by atoms with Gasteiger partial charge in [-0.25, -0.2) is 9.59 Å². The van der Waals surface area contributed by atoms with Crippen LogP contribution in [-0.2, 0) is 25.5 Å². The van der Waals surface area contributed by atoms with E-state index in [0.717, 1.165) is 22.3 Å². The molecule has 1 heterocycles. The molecule has 0 saturated carbocycles. The fraction of sp³-hybridized carbons (Fsp3) is 0.364. The SMILES string of the molecule is COc1ccc(CN(C(=O)OCC2c3ccccc3-c3ccccc32)C2(OC=O)CN(C(=O)OC(C)(C)C)C2)c(OC)c1. The number of benzene rings is 3. The van der Waals surface area contributed by atoms with Gasteiger partial charge in [0.2, 0.25) is 5.72 Å². The monoisotopic (exact) mass is 588 g/mol. The summed E-state index contributed by atoms with van der Waals surface area (Å²) in [7, 11) is 3.06. The van der Waals surface area contributed by atoms with Gasteiger partial charge in [-0.2, -0.15) is 0 Å². The van der Waals surface area contributed by atoms with E-state index in [9.17, 15) is 14.4 Å². The van der Waals surface area contributed by atoms with Crippen LogP contribution in [0.2, 0.25) is 0 Å². The topological polar surface area (TPSA) is 104 Å². The van der Waals surface area contributed by atoms with Crippen molar-refractivity contribution in [3.05, 3.63) is 83.4 Å². The summed E-state index contributed by atoms with van der Waals surface area (Å²) >= 11 is 0. The van der Waals surface area contributed by atoms with E-state index in [2.05, 4.69) is 12.1 Å². The summed E-state index contributed by atoms with van der Waals surface area (Å²) in [4.78, 5) is 41.2. The zero-order chi connectivity index (χ0) is 30.8. The third-order valence-corrected chi connectivity index (χ3v) is 7.67. The Hall–Kier alpha value is -4.73. The molecule has 226 valence electrons. The Morgan fingerprint density at radius 1 is 0.953 bits per heavy atom. The molecule has 1 saturated heterocycles. The first-order valence-electron chi connectivity index (χ1n) is 14.0. The van der Waals surface area contributed by atoms with Gasteiger partial charge in [0, 0.05) is 17.5 Å². The highest BCUT2D eigenvalue weighted by Crippen LogP contribution is 2.45. The molecule has 10 nitrogen and oxygen atoms in total. The van der Waals surface area contributed by atoms with Crippen molar-refractivity contribution in [2.45, 2.75) is 44.6 Å². The van der Waals surface area contributed by atoms with Crippen LogP contribution in [0.4, 0.5) is 9.59 Å². The molecule has 2 amide bonds. The number of hydrogen-bond donors (Lipinski definition) is 0. The Balaban J connectivity index is 1.43. The molecule has 5 rings (SSSR count). The fourth-order valence-corrected chi connectivity index (χ4v) is 5.60. The van der Waals surface area contributed by atoms with Gasteiger partial charge in [0.1, 0.15) is 23.7 Å². The van der Waals surface area contributed by atoms with Crippen molar-refractivity contribution in [1.82, 2.24) is 9.80 Å². The first kappa shape index (κ1) is 29.8. The van der Waals surface area contributed by atoms with E-state index in [1.54, 1.807) is 46.1 Å². The van der Waals surface area contributed by atoms with Crippen molar-refractivity contribution < 1.29 is 38.1 Å². The average Bonchev–Trinajstić information content (AvgIpc) is 3.29. The minimum absolute atomic E-state index is 0.0279. The molecular weight excluding hydrogens is 552 g/mol. The smallest absolute Gasteiger partial charge is 0.413 e. The number of likely N-dealkylation sites (tertiary alicyclic amines) is 1. The fourth-order valence-electron chi connectivity index (χ4n) is 5.60. The van der Waals surface area contributed by atoms with Gasteiger partial charge in [0.25, 0.3) is 6.47 Å². The van der Waals surface area contributed by atoms with E-state index in [1.807, 2.05) is 36.4 Å². The van der Waals surface area contributed by atoms with E-state index in [4.69, 9.17) is 23.7 Å². The highest BCUT2D eigenvalue weighted by atomic mass is 16.6. The highest BCUT2D eigenvalue weighted by molar-refractivity contribution is 5.79. The summed E-state index contributed by atoms with van der Waals surface area (Å²) in [5.74, 6) is 0.878.